The van der Waals surface area contributed by atoms with Crippen molar-refractivity contribution in [2.24, 2.45) is 0 Å². The SMILES string of the molecule is O=C(CCCc1ccccc1)N1CCC(n2c(-c3ccccc3)nc3ccc(F)cc32)CC1. The Hall–Kier alpha value is -3.47. The molecule has 5 heteroatoms. The maximum Gasteiger partial charge on any atom is 0.222 e. The molecule has 0 radical (unpaired) electrons. The van der Waals surface area contributed by atoms with Crippen molar-refractivity contribution in [3.8, 4) is 11.4 Å². The summed E-state index contributed by atoms with van der Waals surface area (Å²) >= 11 is 0. The number of carbonyl (C=O) groups is 1. The number of piperidine rings is 1. The molecule has 2 heterocycles. The van der Waals surface area contributed by atoms with Gasteiger partial charge < -0.3 is 9.47 Å². The molecule has 168 valence electrons. The molecule has 0 saturated carbocycles. The first-order chi connectivity index (χ1) is 16.2. The topological polar surface area (TPSA) is 38.1 Å². The normalized spacial score (nSPS) is 14.6. The van der Waals surface area contributed by atoms with Gasteiger partial charge in [0.15, 0.2) is 0 Å². The number of rotatable bonds is 6. The van der Waals surface area contributed by atoms with Crippen molar-refractivity contribution < 1.29 is 9.18 Å². The molecule has 0 unspecified atom stereocenters. The molecule has 1 aliphatic rings. The second kappa shape index (κ2) is 9.57. The summed E-state index contributed by atoms with van der Waals surface area (Å²) in [5.41, 5.74) is 3.92. The van der Waals surface area contributed by atoms with Crippen LogP contribution in [0.25, 0.3) is 22.4 Å². The van der Waals surface area contributed by atoms with Gasteiger partial charge in [-0.15, -0.1) is 0 Å². The molecule has 0 spiro atoms. The minimum absolute atomic E-state index is 0.181. The third-order valence-corrected chi connectivity index (χ3v) is 6.56. The molecule has 0 bridgehead atoms. The van der Waals surface area contributed by atoms with Crippen molar-refractivity contribution in [1.82, 2.24) is 14.5 Å². The van der Waals surface area contributed by atoms with Crippen molar-refractivity contribution in [3.63, 3.8) is 0 Å². The van der Waals surface area contributed by atoms with E-state index in [1.165, 1.54) is 11.6 Å². The third kappa shape index (κ3) is 4.68. The Morgan fingerprint density at radius 2 is 1.64 bits per heavy atom. The monoisotopic (exact) mass is 441 g/mol. The Labute approximate surface area is 193 Å². The van der Waals surface area contributed by atoms with Gasteiger partial charge in [0.2, 0.25) is 5.91 Å². The van der Waals surface area contributed by atoms with Crippen LogP contribution < -0.4 is 0 Å². The summed E-state index contributed by atoms with van der Waals surface area (Å²) in [6, 6.07) is 25.3. The van der Waals surface area contributed by atoms with E-state index in [4.69, 9.17) is 4.98 Å². The number of likely N-dealkylation sites (tertiary alicyclic amines) is 1. The van der Waals surface area contributed by atoms with Gasteiger partial charge in [-0.2, -0.15) is 0 Å². The van der Waals surface area contributed by atoms with E-state index in [0.717, 1.165) is 61.2 Å². The first-order valence-corrected chi connectivity index (χ1v) is 11.7. The van der Waals surface area contributed by atoms with E-state index in [9.17, 15) is 9.18 Å². The van der Waals surface area contributed by atoms with Crippen LogP contribution in [0.4, 0.5) is 4.39 Å². The summed E-state index contributed by atoms with van der Waals surface area (Å²) in [5.74, 6) is 0.840. The number of carbonyl (C=O) groups excluding carboxylic acids is 1. The van der Waals surface area contributed by atoms with Gasteiger partial charge in [-0.05, 0) is 49.4 Å². The lowest BCUT2D eigenvalue weighted by Crippen LogP contribution is -2.39. The second-order valence-electron chi connectivity index (χ2n) is 8.76. The first-order valence-electron chi connectivity index (χ1n) is 11.7. The zero-order chi connectivity index (χ0) is 22.6. The molecule has 1 fully saturated rings. The Bertz CT molecular complexity index is 1230. The van der Waals surface area contributed by atoms with Gasteiger partial charge >= 0.3 is 0 Å². The fraction of sp³-hybridized carbons (Fsp3) is 0.286. The molecule has 1 amide bonds. The van der Waals surface area contributed by atoms with E-state index in [2.05, 4.69) is 16.7 Å². The predicted molar refractivity (Wildman–Crippen MR) is 129 cm³/mol. The number of aryl methyl sites for hydroxylation is 1. The molecule has 4 aromatic rings. The van der Waals surface area contributed by atoms with Gasteiger partial charge in [-0.1, -0.05) is 60.7 Å². The van der Waals surface area contributed by atoms with Crippen LogP contribution in [0.1, 0.15) is 37.3 Å². The molecule has 0 N–H and O–H groups in total. The fourth-order valence-electron chi connectivity index (χ4n) is 4.85. The van der Waals surface area contributed by atoms with Crippen LogP contribution in [0.3, 0.4) is 0 Å². The number of hydrogen-bond donors (Lipinski definition) is 0. The van der Waals surface area contributed by atoms with Crippen LogP contribution in [-0.4, -0.2) is 33.4 Å². The lowest BCUT2D eigenvalue weighted by atomic mass is 10.0. The van der Waals surface area contributed by atoms with E-state index in [1.807, 2.05) is 53.4 Å². The highest BCUT2D eigenvalue weighted by atomic mass is 19.1. The van der Waals surface area contributed by atoms with E-state index in [1.54, 1.807) is 12.1 Å². The smallest absolute Gasteiger partial charge is 0.222 e. The minimum Gasteiger partial charge on any atom is -0.343 e. The molecule has 1 aromatic heterocycles. The largest absolute Gasteiger partial charge is 0.343 e. The van der Waals surface area contributed by atoms with E-state index in [0.29, 0.717) is 6.42 Å². The summed E-state index contributed by atoms with van der Waals surface area (Å²) in [5, 5.41) is 0. The van der Waals surface area contributed by atoms with Crippen LogP contribution in [0.2, 0.25) is 0 Å². The first kappa shape index (κ1) is 21.4. The zero-order valence-corrected chi connectivity index (χ0v) is 18.7. The number of nitrogens with zero attached hydrogens (tertiary/aromatic N) is 3. The summed E-state index contributed by atoms with van der Waals surface area (Å²) in [4.78, 5) is 19.6. The van der Waals surface area contributed by atoms with Crippen LogP contribution in [0.15, 0.2) is 78.9 Å². The molecular weight excluding hydrogens is 413 g/mol. The summed E-state index contributed by atoms with van der Waals surface area (Å²) in [6.07, 6.45) is 4.05. The average Bonchev–Trinajstić information content (AvgIpc) is 3.24. The van der Waals surface area contributed by atoms with E-state index < -0.39 is 0 Å². The number of aromatic nitrogens is 2. The minimum atomic E-state index is -0.255. The lowest BCUT2D eigenvalue weighted by Gasteiger charge is -2.33. The van der Waals surface area contributed by atoms with Crippen molar-refractivity contribution in [1.29, 1.82) is 0 Å². The van der Waals surface area contributed by atoms with Gasteiger partial charge in [0.1, 0.15) is 11.6 Å². The maximum atomic E-state index is 14.1. The fourth-order valence-corrected chi connectivity index (χ4v) is 4.85. The molecule has 5 rings (SSSR count). The second-order valence-corrected chi connectivity index (χ2v) is 8.76. The van der Waals surface area contributed by atoms with Gasteiger partial charge in [-0.25, -0.2) is 9.37 Å². The van der Waals surface area contributed by atoms with Crippen molar-refractivity contribution in [2.45, 2.75) is 38.1 Å². The highest BCUT2D eigenvalue weighted by Gasteiger charge is 2.27. The highest BCUT2D eigenvalue weighted by Crippen LogP contribution is 2.33. The number of halogens is 1. The van der Waals surface area contributed by atoms with Crippen LogP contribution in [0.5, 0.6) is 0 Å². The standard InChI is InChI=1S/C28H28FN3O/c29-23-14-15-25-26(20-23)32(28(30-25)22-11-5-2-6-12-22)24-16-18-31(19-17-24)27(33)13-7-10-21-8-3-1-4-9-21/h1-6,8-9,11-12,14-15,20,24H,7,10,13,16-19H2. The Morgan fingerprint density at radius 3 is 2.36 bits per heavy atom. The van der Waals surface area contributed by atoms with E-state index >= 15 is 0 Å². The molecule has 4 nitrogen and oxygen atoms in total. The maximum absolute atomic E-state index is 14.1. The van der Waals surface area contributed by atoms with Crippen molar-refractivity contribution in [3.05, 3.63) is 90.2 Å². The molecule has 0 aliphatic carbocycles. The van der Waals surface area contributed by atoms with Gasteiger partial charge in [-0.3, -0.25) is 4.79 Å². The predicted octanol–water partition coefficient (Wildman–Crippen LogP) is 6.03. The Morgan fingerprint density at radius 1 is 0.939 bits per heavy atom. The Kier molecular flexibility index (Phi) is 6.20. The number of hydrogen-bond acceptors (Lipinski definition) is 2. The van der Waals surface area contributed by atoms with Crippen LogP contribution in [0, 0.1) is 5.82 Å². The van der Waals surface area contributed by atoms with Crippen LogP contribution in [-0.2, 0) is 11.2 Å². The third-order valence-electron chi connectivity index (χ3n) is 6.56. The molecule has 33 heavy (non-hydrogen) atoms. The van der Waals surface area contributed by atoms with E-state index in [-0.39, 0.29) is 17.8 Å². The number of amides is 1. The highest BCUT2D eigenvalue weighted by molar-refractivity contribution is 5.81. The van der Waals surface area contributed by atoms with Gasteiger partial charge in [0.05, 0.1) is 11.0 Å². The summed E-state index contributed by atoms with van der Waals surface area (Å²) in [7, 11) is 0. The zero-order valence-electron chi connectivity index (χ0n) is 18.7. The summed E-state index contributed by atoms with van der Waals surface area (Å²) in [6.45, 7) is 1.44. The van der Waals surface area contributed by atoms with Gasteiger partial charge in [0.25, 0.3) is 0 Å². The van der Waals surface area contributed by atoms with Crippen LogP contribution >= 0.6 is 0 Å². The van der Waals surface area contributed by atoms with Gasteiger partial charge in [0, 0.05) is 31.1 Å². The summed E-state index contributed by atoms with van der Waals surface area (Å²) < 4.78 is 16.3. The van der Waals surface area contributed by atoms with Crippen molar-refractivity contribution in [2.75, 3.05) is 13.1 Å². The molecule has 3 aromatic carbocycles. The quantitative estimate of drug-likeness (QED) is 0.366. The number of fused-ring (bicyclic) bond motifs is 1. The number of imidazole rings is 1. The Balaban J connectivity index is 1.29. The molecule has 1 saturated heterocycles. The van der Waals surface area contributed by atoms with Crippen molar-refractivity contribution >= 4 is 16.9 Å². The average molecular weight is 442 g/mol. The molecule has 0 atom stereocenters. The number of benzene rings is 3. The lowest BCUT2D eigenvalue weighted by molar-refractivity contribution is -0.132. The molecule has 1 aliphatic heterocycles. The molecular formula is C28H28FN3O.